The number of amides is 1. The fourth-order valence-corrected chi connectivity index (χ4v) is 3.30. The molecule has 2 aromatic rings. The number of aromatic nitrogens is 1. The molecule has 0 bridgehead atoms. The van der Waals surface area contributed by atoms with E-state index in [1.807, 2.05) is 18.2 Å². The standard InChI is InChI=1S/C21H26N2O3/c24-20-12-5-11-19(23-20)16-7-4-8-17(15-16)21(25)22-13-6-14-26-18-9-2-1-3-10-18/h4-5,7-8,11-12,15,18H,1-3,6,9-10,13-14H2,(H,22,25)(H,23,24). The van der Waals surface area contributed by atoms with Crippen molar-refractivity contribution in [3.63, 3.8) is 0 Å². The molecule has 3 rings (SSSR count). The highest BCUT2D eigenvalue weighted by atomic mass is 16.5. The summed E-state index contributed by atoms with van der Waals surface area (Å²) in [6, 6.07) is 12.3. The van der Waals surface area contributed by atoms with Gasteiger partial charge in [0.25, 0.3) is 5.91 Å². The van der Waals surface area contributed by atoms with E-state index in [0.29, 0.717) is 30.5 Å². The third-order valence-corrected chi connectivity index (χ3v) is 4.72. The first-order valence-corrected chi connectivity index (χ1v) is 9.42. The van der Waals surface area contributed by atoms with Crippen molar-refractivity contribution in [2.75, 3.05) is 13.2 Å². The second-order valence-corrected chi connectivity index (χ2v) is 6.75. The number of aromatic amines is 1. The zero-order valence-electron chi connectivity index (χ0n) is 15.0. The molecule has 0 aliphatic heterocycles. The van der Waals surface area contributed by atoms with E-state index < -0.39 is 0 Å². The van der Waals surface area contributed by atoms with E-state index in [1.165, 1.54) is 38.2 Å². The van der Waals surface area contributed by atoms with Crippen LogP contribution in [0.1, 0.15) is 48.9 Å². The number of H-pyrrole nitrogens is 1. The van der Waals surface area contributed by atoms with Gasteiger partial charge in [0.05, 0.1) is 6.10 Å². The van der Waals surface area contributed by atoms with Crippen LogP contribution in [0.25, 0.3) is 11.3 Å². The third-order valence-electron chi connectivity index (χ3n) is 4.72. The quantitative estimate of drug-likeness (QED) is 0.748. The van der Waals surface area contributed by atoms with E-state index in [0.717, 1.165) is 12.0 Å². The minimum atomic E-state index is -0.157. The summed E-state index contributed by atoms with van der Waals surface area (Å²) in [4.78, 5) is 26.6. The monoisotopic (exact) mass is 354 g/mol. The lowest BCUT2D eigenvalue weighted by atomic mass is 9.98. The summed E-state index contributed by atoms with van der Waals surface area (Å²) >= 11 is 0. The van der Waals surface area contributed by atoms with Crippen LogP contribution in [-0.4, -0.2) is 30.1 Å². The van der Waals surface area contributed by atoms with Crippen LogP contribution in [0.15, 0.2) is 47.3 Å². The first-order valence-electron chi connectivity index (χ1n) is 9.42. The number of ether oxygens (including phenoxy) is 1. The lowest BCUT2D eigenvalue weighted by Crippen LogP contribution is -2.26. The van der Waals surface area contributed by atoms with Crippen molar-refractivity contribution in [2.24, 2.45) is 0 Å². The lowest BCUT2D eigenvalue weighted by molar-refractivity contribution is 0.0273. The van der Waals surface area contributed by atoms with Gasteiger partial charge in [0.2, 0.25) is 5.56 Å². The van der Waals surface area contributed by atoms with Gasteiger partial charge in [-0.25, -0.2) is 0 Å². The predicted molar refractivity (Wildman–Crippen MR) is 102 cm³/mol. The maximum Gasteiger partial charge on any atom is 0.251 e. The molecule has 1 heterocycles. The van der Waals surface area contributed by atoms with Crippen LogP contribution in [0.2, 0.25) is 0 Å². The average molecular weight is 354 g/mol. The summed E-state index contributed by atoms with van der Waals surface area (Å²) in [5.74, 6) is -0.109. The molecule has 26 heavy (non-hydrogen) atoms. The molecule has 0 unspecified atom stereocenters. The second-order valence-electron chi connectivity index (χ2n) is 6.75. The molecule has 1 aromatic heterocycles. The van der Waals surface area contributed by atoms with Crippen molar-refractivity contribution in [3.8, 4) is 11.3 Å². The molecule has 1 amide bonds. The van der Waals surface area contributed by atoms with E-state index in [9.17, 15) is 9.59 Å². The Morgan fingerprint density at radius 2 is 1.92 bits per heavy atom. The van der Waals surface area contributed by atoms with Gasteiger partial charge in [-0.3, -0.25) is 9.59 Å². The Morgan fingerprint density at radius 1 is 1.12 bits per heavy atom. The van der Waals surface area contributed by atoms with Crippen LogP contribution < -0.4 is 10.9 Å². The number of hydrogen-bond donors (Lipinski definition) is 2. The van der Waals surface area contributed by atoms with Gasteiger partial charge in [0, 0.05) is 30.5 Å². The smallest absolute Gasteiger partial charge is 0.251 e. The van der Waals surface area contributed by atoms with E-state index >= 15 is 0 Å². The van der Waals surface area contributed by atoms with Gasteiger partial charge < -0.3 is 15.0 Å². The van der Waals surface area contributed by atoms with E-state index in [4.69, 9.17) is 4.74 Å². The van der Waals surface area contributed by atoms with Crippen LogP contribution in [0.4, 0.5) is 0 Å². The van der Waals surface area contributed by atoms with E-state index in [1.54, 1.807) is 18.2 Å². The maximum atomic E-state index is 12.3. The van der Waals surface area contributed by atoms with Crippen molar-refractivity contribution in [3.05, 3.63) is 58.4 Å². The SMILES string of the molecule is O=C(NCCCOC1CCCCC1)c1cccc(-c2cccc(=O)[nH]2)c1. The molecule has 1 aliphatic rings. The molecule has 0 saturated heterocycles. The van der Waals surface area contributed by atoms with Gasteiger partial charge in [-0.05, 0) is 43.0 Å². The first-order chi connectivity index (χ1) is 12.7. The Morgan fingerprint density at radius 3 is 2.73 bits per heavy atom. The Bertz CT molecular complexity index is 779. The summed E-state index contributed by atoms with van der Waals surface area (Å²) in [5, 5.41) is 2.94. The van der Waals surface area contributed by atoms with Gasteiger partial charge in [-0.2, -0.15) is 0 Å². The Balaban J connectivity index is 1.47. The predicted octanol–water partition coefficient (Wildman–Crippen LogP) is 3.51. The molecule has 1 aliphatic carbocycles. The number of rotatable bonds is 7. The molecule has 1 aromatic carbocycles. The second kappa shape index (κ2) is 9.34. The molecule has 5 heteroatoms. The first kappa shape index (κ1) is 18.4. The van der Waals surface area contributed by atoms with Crippen LogP contribution in [-0.2, 0) is 4.74 Å². The lowest BCUT2D eigenvalue weighted by Gasteiger charge is -2.21. The zero-order chi connectivity index (χ0) is 18.2. The summed E-state index contributed by atoms with van der Waals surface area (Å²) in [7, 11) is 0. The summed E-state index contributed by atoms with van der Waals surface area (Å²) in [5.41, 5.74) is 1.94. The van der Waals surface area contributed by atoms with Crippen LogP contribution in [0.5, 0.6) is 0 Å². The molecule has 138 valence electrons. The highest BCUT2D eigenvalue weighted by molar-refractivity contribution is 5.95. The highest BCUT2D eigenvalue weighted by Crippen LogP contribution is 2.20. The van der Waals surface area contributed by atoms with Crippen molar-refractivity contribution in [1.29, 1.82) is 0 Å². The summed E-state index contributed by atoms with van der Waals surface area (Å²) in [6.45, 7) is 1.29. The number of hydrogen-bond acceptors (Lipinski definition) is 3. The normalized spacial score (nSPS) is 14.9. The number of carbonyl (C=O) groups excluding carboxylic acids is 1. The van der Waals surface area contributed by atoms with Gasteiger partial charge >= 0.3 is 0 Å². The molecule has 0 spiro atoms. The van der Waals surface area contributed by atoms with Gasteiger partial charge in [-0.15, -0.1) is 0 Å². The number of pyridine rings is 1. The molecule has 5 nitrogen and oxygen atoms in total. The molecule has 0 radical (unpaired) electrons. The van der Waals surface area contributed by atoms with E-state index in [2.05, 4.69) is 10.3 Å². The molecular formula is C21H26N2O3. The van der Waals surface area contributed by atoms with Crippen molar-refractivity contribution in [2.45, 2.75) is 44.6 Å². The fraction of sp³-hybridized carbons (Fsp3) is 0.429. The van der Waals surface area contributed by atoms with Crippen LogP contribution >= 0.6 is 0 Å². The largest absolute Gasteiger partial charge is 0.378 e. The zero-order valence-corrected chi connectivity index (χ0v) is 15.0. The molecule has 0 atom stereocenters. The topological polar surface area (TPSA) is 71.2 Å². The van der Waals surface area contributed by atoms with Gasteiger partial charge in [-0.1, -0.05) is 37.5 Å². The Labute approximate surface area is 153 Å². The van der Waals surface area contributed by atoms with Crippen molar-refractivity contribution >= 4 is 5.91 Å². The number of benzene rings is 1. The molecule has 1 saturated carbocycles. The molecular weight excluding hydrogens is 328 g/mol. The average Bonchev–Trinajstić information content (AvgIpc) is 2.68. The summed E-state index contributed by atoms with van der Waals surface area (Å²) in [6.07, 6.45) is 7.42. The fourth-order valence-electron chi connectivity index (χ4n) is 3.30. The number of nitrogens with one attached hydrogen (secondary N) is 2. The van der Waals surface area contributed by atoms with Crippen LogP contribution in [0, 0.1) is 0 Å². The molecule has 2 N–H and O–H groups in total. The van der Waals surface area contributed by atoms with Gasteiger partial charge in [0.15, 0.2) is 0 Å². The molecule has 1 fully saturated rings. The minimum Gasteiger partial charge on any atom is -0.378 e. The third kappa shape index (κ3) is 5.30. The highest BCUT2D eigenvalue weighted by Gasteiger charge is 2.13. The van der Waals surface area contributed by atoms with Gasteiger partial charge in [0.1, 0.15) is 0 Å². The van der Waals surface area contributed by atoms with Crippen molar-refractivity contribution < 1.29 is 9.53 Å². The summed E-state index contributed by atoms with van der Waals surface area (Å²) < 4.78 is 5.87. The number of carbonyl (C=O) groups is 1. The Kier molecular flexibility index (Phi) is 6.61. The van der Waals surface area contributed by atoms with Crippen LogP contribution in [0.3, 0.4) is 0 Å². The minimum absolute atomic E-state index is 0.109. The Hall–Kier alpha value is -2.40. The maximum absolute atomic E-state index is 12.3. The van der Waals surface area contributed by atoms with Crippen molar-refractivity contribution in [1.82, 2.24) is 10.3 Å². The van der Waals surface area contributed by atoms with E-state index in [-0.39, 0.29) is 11.5 Å².